The first-order valence-corrected chi connectivity index (χ1v) is 6.06. The summed E-state index contributed by atoms with van der Waals surface area (Å²) in [6.07, 6.45) is 1.25. The summed E-state index contributed by atoms with van der Waals surface area (Å²) in [5.74, 6) is -0.125. The number of rotatable bonds is 4. The molecule has 1 aromatic carbocycles. The third-order valence-electron chi connectivity index (χ3n) is 2.89. The number of anilines is 1. The SMILES string of the molecule is COC(=O)c1[nH]nc2c(OC)ccc(NC=C(C#N)C#N)c12. The molecule has 0 saturated heterocycles. The predicted molar refractivity (Wildman–Crippen MR) is 76.9 cm³/mol. The Hall–Kier alpha value is -3.52. The van der Waals surface area contributed by atoms with Crippen LogP contribution >= 0.6 is 0 Å². The molecule has 0 aliphatic heterocycles. The van der Waals surface area contributed by atoms with Gasteiger partial charge < -0.3 is 14.8 Å². The van der Waals surface area contributed by atoms with E-state index in [0.29, 0.717) is 22.3 Å². The summed E-state index contributed by atoms with van der Waals surface area (Å²) in [5.41, 5.74) is 0.944. The molecule has 0 unspecified atom stereocenters. The molecule has 2 rings (SSSR count). The van der Waals surface area contributed by atoms with Crippen LogP contribution < -0.4 is 10.1 Å². The maximum atomic E-state index is 11.8. The second kappa shape index (κ2) is 6.29. The predicted octanol–water partition coefficient (Wildman–Crippen LogP) is 1.70. The van der Waals surface area contributed by atoms with Gasteiger partial charge in [-0.3, -0.25) is 5.10 Å². The lowest BCUT2D eigenvalue weighted by Crippen LogP contribution is -2.03. The molecule has 0 bridgehead atoms. The molecule has 2 aromatic rings. The van der Waals surface area contributed by atoms with E-state index in [4.69, 9.17) is 20.0 Å². The minimum atomic E-state index is -0.594. The number of hydrogen-bond donors (Lipinski definition) is 2. The molecule has 0 spiro atoms. The Morgan fingerprint density at radius 1 is 1.36 bits per heavy atom. The fraction of sp³-hybridized carbons (Fsp3) is 0.143. The quantitative estimate of drug-likeness (QED) is 0.650. The first kappa shape index (κ1) is 14.9. The van der Waals surface area contributed by atoms with Crippen molar-refractivity contribution in [1.29, 1.82) is 10.5 Å². The maximum absolute atomic E-state index is 11.8. The molecule has 1 aromatic heterocycles. The normalized spacial score (nSPS) is 9.45. The van der Waals surface area contributed by atoms with Crippen molar-refractivity contribution in [2.45, 2.75) is 0 Å². The number of H-pyrrole nitrogens is 1. The summed E-state index contributed by atoms with van der Waals surface area (Å²) in [7, 11) is 2.74. The molecule has 0 aliphatic rings. The summed E-state index contributed by atoms with van der Waals surface area (Å²) >= 11 is 0. The molecule has 0 atom stereocenters. The number of allylic oxidation sites excluding steroid dienone is 1. The van der Waals surface area contributed by atoms with Gasteiger partial charge in [0.05, 0.1) is 25.3 Å². The average Bonchev–Trinajstić information content (AvgIpc) is 3.00. The standard InChI is InChI=1S/C14H11N5O3/c1-21-10-4-3-9(17-7-8(5-15)6-16)11-12(10)18-19-13(11)14(20)22-2/h3-4,7,17H,1-2H3,(H,18,19). The number of nitriles is 2. The second-order valence-electron chi connectivity index (χ2n) is 4.06. The number of aromatic nitrogens is 2. The van der Waals surface area contributed by atoms with Gasteiger partial charge in [-0.05, 0) is 12.1 Å². The number of benzene rings is 1. The van der Waals surface area contributed by atoms with Gasteiger partial charge in [0.2, 0.25) is 0 Å². The molecule has 0 aliphatic carbocycles. The van der Waals surface area contributed by atoms with Gasteiger partial charge in [0, 0.05) is 6.20 Å². The highest BCUT2D eigenvalue weighted by atomic mass is 16.5. The van der Waals surface area contributed by atoms with Gasteiger partial charge in [0.15, 0.2) is 5.69 Å². The van der Waals surface area contributed by atoms with E-state index >= 15 is 0 Å². The Morgan fingerprint density at radius 3 is 2.68 bits per heavy atom. The highest BCUT2D eigenvalue weighted by molar-refractivity contribution is 6.09. The first-order valence-electron chi connectivity index (χ1n) is 6.06. The van der Waals surface area contributed by atoms with Crippen molar-refractivity contribution in [2.75, 3.05) is 19.5 Å². The molecule has 0 amide bonds. The molecule has 8 nitrogen and oxygen atoms in total. The molecule has 2 N–H and O–H groups in total. The molecular formula is C14H11N5O3. The van der Waals surface area contributed by atoms with Crippen molar-refractivity contribution in [2.24, 2.45) is 0 Å². The van der Waals surface area contributed by atoms with E-state index in [-0.39, 0.29) is 11.3 Å². The zero-order valence-electron chi connectivity index (χ0n) is 11.8. The Bertz CT molecular complexity index is 823. The smallest absolute Gasteiger partial charge is 0.356 e. The minimum Gasteiger partial charge on any atom is -0.494 e. The number of ether oxygens (including phenoxy) is 2. The number of methoxy groups -OCH3 is 2. The number of carbonyl (C=O) groups excluding carboxylic acids is 1. The molecule has 0 radical (unpaired) electrons. The topological polar surface area (TPSA) is 124 Å². The molecule has 8 heteroatoms. The van der Waals surface area contributed by atoms with Crippen LogP contribution in [-0.2, 0) is 4.74 Å². The van der Waals surface area contributed by atoms with Crippen LogP contribution in [0, 0.1) is 22.7 Å². The summed E-state index contributed by atoms with van der Waals surface area (Å²) in [6.45, 7) is 0. The lowest BCUT2D eigenvalue weighted by Gasteiger charge is -2.07. The Morgan fingerprint density at radius 2 is 2.09 bits per heavy atom. The monoisotopic (exact) mass is 297 g/mol. The largest absolute Gasteiger partial charge is 0.494 e. The van der Waals surface area contributed by atoms with Crippen LogP contribution in [0.2, 0.25) is 0 Å². The zero-order valence-corrected chi connectivity index (χ0v) is 11.8. The highest BCUT2D eigenvalue weighted by Gasteiger charge is 2.19. The number of esters is 1. The van der Waals surface area contributed by atoms with Gasteiger partial charge in [0.1, 0.15) is 29.0 Å². The Kier molecular flexibility index (Phi) is 4.25. The Balaban J connectivity index is 2.62. The van der Waals surface area contributed by atoms with Crippen LogP contribution in [0.4, 0.5) is 5.69 Å². The van der Waals surface area contributed by atoms with Crippen molar-refractivity contribution in [3.8, 4) is 17.9 Å². The fourth-order valence-corrected chi connectivity index (χ4v) is 1.88. The van der Waals surface area contributed by atoms with E-state index in [1.165, 1.54) is 20.4 Å². The lowest BCUT2D eigenvalue weighted by atomic mass is 10.1. The van der Waals surface area contributed by atoms with Gasteiger partial charge >= 0.3 is 5.97 Å². The van der Waals surface area contributed by atoms with Crippen LogP contribution in [0.1, 0.15) is 10.5 Å². The van der Waals surface area contributed by atoms with Crippen LogP contribution in [0.3, 0.4) is 0 Å². The van der Waals surface area contributed by atoms with Gasteiger partial charge in [-0.25, -0.2) is 4.79 Å². The lowest BCUT2D eigenvalue weighted by molar-refractivity contribution is 0.0596. The van der Waals surface area contributed by atoms with E-state index in [2.05, 4.69) is 15.5 Å². The number of nitrogens with zero attached hydrogens (tertiary/aromatic N) is 3. The summed E-state index contributed by atoms with van der Waals surface area (Å²) in [6, 6.07) is 6.76. The first-order chi connectivity index (χ1) is 10.7. The van der Waals surface area contributed by atoms with E-state index in [1.54, 1.807) is 24.3 Å². The van der Waals surface area contributed by atoms with Crippen molar-refractivity contribution in [3.63, 3.8) is 0 Å². The number of carbonyl (C=O) groups is 1. The average molecular weight is 297 g/mol. The number of fused-ring (bicyclic) bond motifs is 1. The molecule has 110 valence electrons. The number of nitrogens with one attached hydrogen (secondary N) is 2. The van der Waals surface area contributed by atoms with E-state index < -0.39 is 5.97 Å². The third kappa shape index (κ3) is 2.53. The molecule has 22 heavy (non-hydrogen) atoms. The van der Waals surface area contributed by atoms with Gasteiger partial charge in [-0.1, -0.05) is 0 Å². The fourth-order valence-electron chi connectivity index (χ4n) is 1.88. The van der Waals surface area contributed by atoms with E-state index in [0.717, 1.165) is 0 Å². The van der Waals surface area contributed by atoms with Gasteiger partial charge in [-0.2, -0.15) is 15.6 Å². The van der Waals surface area contributed by atoms with Crippen molar-refractivity contribution < 1.29 is 14.3 Å². The zero-order chi connectivity index (χ0) is 16.1. The number of hydrogen-bond acceptors (Lipinski definition) is 7. The molecule has 0 fully saturated rings. The van der Waals surface area contributed by atoms with Gasteiger partial charge in [-0.15, -0.1) is 0 Å². The van der Waals surface area contributed by atoms with Gasteiger partial charge in [0.25, 0.3) is 0 Å². The van der Waals surface area contributed by atoms with Crippen LogP contribution in [0.25, 0.3) is 10.9 Å². The third-order valence-corrected chi connectivity index (χ3v) is 2.89. The van der Waals surface area contributed by atoms with Crippen molar-refractivity contribution in [1.82, 2.24) is 10.2 Å². The van der Waals surface area contributed by atoms with Crippen LogP contribution in [0.5, 0.6) is 5.75 Å². The van der Waals surface area contributed by atoms with Crippen molar-refractivity contribution in [3.05, 3.63) is 29.6 Å². The second-order valence-corrected chi connectivity index (χ2v) is 4.06. The van der Waals surface area contributed by atoms with Crippen LogP contribution in [-0.4, -0.2) is 30.4 Å². The van der Waals surface area contributed by atoms with E-state index in [1.807, 2.05) is 0 Å². The molecule has 0 saturated carbocycles. The van der Waals surface area contributed by atoms with Crippen LogP contribution in [0.15, 0.2) is 23.9 Å². The minimum absolute atomic E-state index is 0.105. The van der Waals surface area contributed by atoms with E-state index in [9.17, 15) is 4.79 Å². The van der Waals surface area contributed by atoms with Crippen molar-refractivity contribution >= 4 is 22.6 Å². The number of aromatic amines is 1. The summed E-state index contributed by atoms with van der Waals surface area (Å²) in [4.78, 5) is 11.8. The molecule has 1 heterocycles. The highest BCUT2D eigenvalue weighted by Crippen LogP contribution is 2.32. The summed E-state index contributed by atoms with van der Waals surface area (Å²) in [5, 5.41) is 27.4. The maximum Gasteiger partial charge on any atom is 0.356 e. The summed E-state index contributed by atoms with van der Waals surface area (Å²) < 4.78 is 9.89. The Labute approximate surface area is 125 Å². The molecular weight excluding hydrogens is 286 g/mol.